The Kier molecular flexibility index (Phi) is 15.6. The Morgan fingerprint density at radius 2 is 0.960 bits per heavy atom. The van der Waals surface area contributed by atoms with Crippen LogP contribution in [0, 0.1) is 0 Å². The Bertz CT molecular complexity index is 375. The smallest absolute Gasteiger partial charge is 0.308 e. The van der Waals surface area contributed by atoms with E-state index in [9.17, 15) is 9.13 Å². The lowest BCUT2D eigenvalue weighted by atomic mass is 10.2. The maximum Gasteiger partial charge on any atom is 0.342 e. The molecule has 0 aromatic heterocycles. The van der Waals surface area contributed by atoms with E-state index in [0.717, 1.165) is 51.4 Å². The highest BCUT2D eigenvalue weighted by molar-refractivity contribution is 7.71. The lowest BCUT2D eigenvalue weighted by Crippen LogP contribution is -2.07. The molecule has 0 radical (unpaired) electrons. The van der Waals surface area contributed by atoms with Crippen molar-refractivity contribution >= 4 is 15.2 Å². The molecule has 0 amide bonds. The second-order valence-corrected chi connectivity index (χ2v) is 10.6. The first-order valence-electron chi connectivity index (χ1n) is 9.71. The van der Waals surface area contributed by atoms with Gasteiger partial charge in [0.25, 0.3) is 0 Å². The summed E-state index contributed by atoms with van der Waals surface area (Å²) >= 11 is 0. The highest BCUT2D eigenvalue weighted by Gasteiger charge is 2.38. The Morgan fingerprint density at radius 3 is 1.32 bits per heavy atom. The van der Waals surface area contributed by atoms with Gasteiger partial charge in [-0.05, 0) is 26.7 Å². The van der Waals surface area contributed by atoms with Gasteiger partial charge < -0.3 is 18.1 Å². The molecule has 0 aromatic carbocycles. The van der Waals surface area contributed by atoms with Crippen molar-refractivity contribution in [1.82, 2.24) is 0 Å². The lowest BCUT2D eigenvalue weighted by Gasteiger charge is -2.23. The average Bonchev–Trinajstić information content (AvgIpc) is 2.54. The molecule has 0 spiro atoms. The van der Waals surface area contributed by atoms with Gasteiger partial charge in [-0.25, -0.2) is 0 Å². The van der Waals surface area contributed by atoms with Crippen molar-refractivity contribution in [3.05, 3.63) is 0 Å². The summed E-state index contributed by atoms with van der Waals surface area (Å²) in [7, 11) is -6.99. The predicted octanol–water partition coefficient (Wildman–Crippen LogP) is 6.60. The molecule has 0 aliphatic heterocycles. The minimum atomic E-state index is -3.51. The second-order valence-electron chi connectivity index (χ2n) is 5.99. The lowest BCUT2D eigenvalue weighted by molar-refractivity contribution is 0.192. The number of rotatable bonds is 18. The predicted molar refractivity (Wildman–Crippen MR) is 104 cm³/mol. The van der Waals surface area contributed by atoms with Gasteiger partial charge in [0, 0.05) is 0 Å². The topological polar surface area (TPSA) is 71.1 Å². The molecule has 0 fully saturated rings. The minimum Gasteiger partial charge on any atom is -0.308 e. The quantitative estimate of drug-likeness (QED) is 0.191. The van der Waals surface area contributed by atoms with Gasteiger partial charge in [-0.2, -0.15) is 0 Å². The molecule has 0 N–H and O–H groups in total. The summed E-state index contributed by atoms with van der Waals surface area (Å²) in [4.78, 5) is 0. The Hall–Kier alpha value is 0.300. The fraction of sp³-hybridized carbons (Fsp3) is 1.00. The Labute approximate surface area is 154 Å². The standard InChI is InChI=1S/C17H38O6P2/c1-5-9-11-13-15-22-25(19,23-16-14-12-10-6-2)17-24(18,20-7-3)21-8-4/h5-17H2,1-4H3. The van der Waals surface area contributed by atoms with Gasteiger partial charge in [-0.1, -0.05) is 52.4 Å². The number of hydrogen-bond acceptors (Lipinski definition) is 6. The van der Waals surface area contributed by atoms with Crippen LogP contribution in [0.15, 0.2) is 0 Å². The van der Waals surface area contributed by atoms with E-state index in [0.29, 0.717) is 13.2 Å². The molecule has 0 saturated carbocycles. The summed E-state index contributed by atoms with van der Waals surface area (Å²) in [5.41, 5.74) is 0. The van der Waals surface area contributed by atoms with Crippen LogP contribution in [0.3, 0.4) is 0 Å². The average molecular weight is 400 g/mol. The molecule has 0 atom stereocenters. The zero-order valence-electron chi connectivity index (χ0n) is 16.5. The zero-order chi connectivity index (χ0) is 19.0. The monoisotopic (exact) mass is 400 g/mol. The largest absolute Gasteiger partial charge is 0.342 e. The maximum absolute atomic E-state index is 13.1. The van der Waals surface area contributed by atoms with Crippen molar-refractivity contribution in [2.75, 3.05) is 32.3 Å². The highest BCUT2D eigenvalue weighted by Crippen LogP contribution is 2.64. The van der Waals surface area contributed by atoms with Crippen molar-refractivity contribution in [3.8, 4) is 0 Å². The summed E-state index contributed by atoms with van der Waals surface area (Å²) < 4.78 is 47.4. The fourth-order valence-electron chi connectivity index (χ4n) is 2.31. The van der Waals surface area contributed by atoms with E-state index in [1.165, 1.54) is 0 Å². The van der Waals surface area contributed by atoms with E-state index in [1.54, 1.807) is 13.8 Å². The van der Waals surface area contributed by atoms with Crippen LogP contribution in [0.1, 0.15) is 79.1 Å². The van der Waals surface area contributed by atoms with Crippen LogP contribution in [0.2, 0.25) is 0 Å². The van der Waals surface area contributed by atoms with Crippen LogP contribution >= 0.6 is 15.2 Å². The molecule has 25 heavy (non-hydrogen) atoms. The van der Waals surface area contributed by atoms with Crippen molar-refractivity contribution < 1.29 is 27.2 Å². The van der Waals surface area contributed by atoms with Crippen LogP contribution in [-0.4, -0.2) is 32.3 Å². The van der Waals surface area contributed by atoms with Gasteiger partial charge in [-0.15, -0.1) is 0 Å². The second kappa shape index (κ2) is 15.4. The molecular formula is C17H38O6P2. The first-order valence-corrected chi connectivity index (χ1v) is 13.2. The zero-order valence-corrected chi connectivity index (χ0v) is 18.3. The van der Waals surface area contributed by atoms with Crippen molar-refractivity contribution in [3.63, 3.8) is 0 Å². The van der Waals surface area contributed by atoms with E-state index in [1.807, 2.05) is 0 Å². The summed E-state index contributed by atoms with van der Waals surface area (Å²) in [5.74, 6) is -0.316. The number of hydrogen-bond donors (Lipinski definition) is 0. The molecule has 152 valence electrons. The highest BCUT2D eigenvalue weighted by atomic mass is 31.2. The van der Waals surface area contributed by atoms with E-state index in [2.05, 4.69) is 13.8 Å². The van der Waals surface area contributed by atoms with Gasteiger partial charge in [-0.3, -0.25) is 9.13 Å². The molecule has 0 aliphatic rings. The van der Waals surface area contributed by atoms with Crippen LogP contribution in [0.4, 0.5) is 0 Å². The SMILES string of the molecule is CCCCCCOP(=O)(CP(=O)(OCC)OCC)OCCCCCC. The maximum atomic E-state index is 13.1. The molecule has 0 unspecified atom stereocenters. The third-order valence-electron chi connectivity index (χ3n) is 3.57. The molecule has 8 heteroatoms. The van der Waals surface area contributed by atoms with Gasteiger partial charge in [0.1, 0.15) is 0 Å². The van der Waals surface area contributed by atoms with E-state index >= 15 is 0 Å². The van der Waals surface area contributed by atoms with E-state index < -0.39 is 15.2 Å². The molecule has 0 aliphatic carbocycles. The molecule has 6 nitrogen and oxygen atoms in total. The van der Waals surface area contributed by atoms with Crippen LogP contribution < -0.4 is 0 Å². The van der Waals surface area contributed by atoms with Crippen molar-refractivity contribution in [2.24, 2.45) is 0 Å². The minimum absolute atomic E-state index is 0.226. The van der Waals surface area contributed by atoms with E-state index in [4.69, 9.17) is 18.1 Å². The third-order valence-corrected chi connectivity index (χ3v) is 8.80. The van der Waals surface area contributed by atoms with Crippen LogP contribution in [0.5, 0.6) is 0 Å². The molecule has 0 saturated heterocycles. The van der Waals surface area contributed by atoms with Gasteiger partial charge >= 0.3 is 15.2 Å². The normalized spacial score (nSPS) is 12.6. The number of unbranched alkanes of at least 4 members (excludes halogenated alkanes) is 6. The van der Waals surface area contributed by atoms with Gasteiger partial charge in [0.05, 0.1) is 26.4 Å². The third kappa shape index (κ3) is 13.2. The van der Waals surface area contributed by atoms with Gasteiger partial charge in [0.15, 0.2) is 5.90 Å². The summed E-state index contributed by atoms with van der Waals surface area (Å²) in [5, 5.41) is 0. The van der Waals surface area contributed by atoms with Crippen molar-refractivity contribution in [2.45, 2.75) is 79.1 Å². The summed E-state index contributed by atoms with van der Waals surface area (Å²) in [6.07, 6.45) is 8.12. The summed E-state index contributed by atoms with van der Waals surface area (Å²) in [6.45, 7) is 8.85. The van der Waals surface area contributed by atoms with Crippen molar-refractivity contribution in [1.29, 1.82) is 0 Å². The first-order chi connectivity index (χ1) is 11.9. The van der Waals surface area contributed by atoms with Gasteiger partial charge in [0.2, 0.25) is 0 Å². The summed E-state index contributed by atoms with van der Waals surface area (Å²) in [6, 6.07) is 0. The van der Waals surface area contributed by atoms with Crippen LogP contribution in [0.25, 0.3) is 0 Å². The molecule has 0 aromatic rings. The molecular weight excluding hydrogens is 362 g/mol. The first kappa shape index (κ1) is 25.3. The van der Waals surface area contributed by atoms with Crippen LogP contribution in [-0.2, 0) is 27.2 Å². The van der Waals surface area contributed by atoms with E-state index in [-0.39, 0.29) is 19.1 Å². The fourth-order valence-corrected chi connectivity index (χ4v) is 7.06. The molecule has 0 heterocycles. The Morgan fingerprint density at radius 1 is 0.560 bits per heavy atom. The molecule has 0 rings (SSSR count). The molecule has 0 bridgehead atoms. The Balaban J connectivity index is 4.72.